The summed E-state index contributed by atoms with van der Waals surface area (Å²) in [7, 11) is 0. The highest BCUT2D eigenvalue weighted by Crippen LogP contribution is 2.30. The van der Waals surface area contributed by atoms with Gasteiger partial charge in [-0.15, -0.1) is 0 Å². The van der Waals surface area contributed by atoms with Gasteiger partial charge in [-0.05, 0) is 42.7 Å². The molecule has 2 aromatic heterocycles. The van der Waals surface area contributed by atoms with E-state index in [9.17, 15) is 9.90 Å². The van der Waals surface area contributed by atoms with E-state index < -0.39 is 0 Å². The number of nitrogens with zero attached hydrogens (tertiary/aromatic N) is 3. The molecule has 3 heterocycles. The van der Waals surface area contributed by atoms with E-state index in [1.54, 1.807) is 30.5 Å². The first-order valence-corrected chi connectivity index (χ1v) is 9.10. The zero-order valence-corrected chi connectivity index (χ0v) is 15.2. The Balaban J connectivity index is 1.51. The van der Waals surface area contributed by atoms with Crippen molar-refractivity contribution in [2.45, 2.75) is 18.9 Å². The van der Waals surface area contributed by atoms with Crippen LogP contribution in [0.25, 0.3) is 16.9 Å². The van der Waals surface area contributed by atoms with Crippen molar-refractivity contribution in [3.05, 3.63) is 54.4 Å². The number of aromatic nitrogens is 3. The first kappa shape index (κ1) is 18.0. The van der Waals surface area contributed by atoms with Gasteiger partial charge in [0.25, 0.3) is 5.91 Å². The highest BCUT2D eigenvalue weighted by molar-refractivity contribution is 5.94. The molecule has 1 amide bonds. The van der Waals surface area contributed by atoms with Crippen LogP contribution in [0, 0.1) is 0 Å². The number of hydrogen-bond acceptors (Lipinski definition) is 6. The van der Waals surface area contributed by atoms with Crippen molar-refractivity contribution in [1.29, 1.82) is 0 Å². The molecule has 4 N–H and O–H groups in total. The molecule has 0 atom stereocenters. The van der Waals surface area contributed by atoms with Gasteiger partial charge in [0.1, 0.15) is 0 Å². The van der Waals surface area contributed by atoms with Gasteiger partial charge < -0.3 is 20.9 Å². The van der Waals surface area contributed by atoms with Crippen LogP contribution < -0.4 is 11.1 Å². The van der Waals surface area contributed by atoms with E-state index in [2.05, 4.69) is 15.4 Å². The smallest absolute Gasteiger partial charge is 0.253 e. The summed E-state index contributed by atoms with van der Waals surface area (Å²) in [4.78, 5) is 16.7. The van der Waals surface area contributed by atoms with Gasteiger partial charge in [0.15, 0.2) is 5.82 Å². The number of hydrogen-bond donors (Lipinski definition) is 3. The Bertz CT molecular complexity index is 961. The maximum absolute atomic E-state index is 12.4. The molecule has 0 aliphatic carbocycles. The van der Waals surface area contributed by atoms with Crippen molar-refractivity contribution in [1.82, 2.24) is 20.1 Å². The molecule has 0 unspecified atom stereocenters. The van der Waals surface area contributed by atoms with Crippen molar-refractivity contribution >= 4 is 11.6 Å². The number of nitrogen functional groups attached to an aromatic ring is 1. The third kappa shape index (κ3) is 3.67. The first-order chi connectivity index (χ1) is 13.6. The molecule has 1 saturated heterocycles. The topological polar surface area (TPSA) is 115 Å². The lowest BCUT2D eigenvalue weighted by Gasteiger charge is -2.23. The zero-order chi connectivity index (χ0) is 19.5. The highest BCUT2D eigenvalue weighted by Gasteiger charge is 2.18. The number of ether oxygens (including phenoxy) is 1. The van der Waals surface area contributed by atoms with Crippen LogP contribution in [0.5, 0.6) is 5.88 Å². The first-order valence-electron chi connectivity index (χ1n) is 9.10. The molecular formula is C20H21N5O3. The van der Waals surface area contributed by atoms with Crippen molar-refractivity contribution in [3.63, 3.8) is 0 Å². The molecular weight excluding hydrogens is 358 g/mol. The lowest BCUT2D eigenvalue weighted by Crippen LogP contribution is -2.38. The average molecular weight is 379 g/mol. The molecule has 0 radical (unpaired) electrons. The maximum atomic E-state index is 12.4. The molecule has 0 spiro atoms. The second kappa shape index (κ2) is 7.69. The molecule has 1 aliphatic heterocycles. The zero-order valence-electron chi connectivity index (χ0n) is 15.2. The molecule has 1 fully saturated rings. The predicted octanol–water partition coefficient (Wildman–Crippen LogP) is 2.13. The van der Waals surface area contributed by atoms with E-state index in [-0.39, 0.29) is 17.8 Å². The number of nitrogens with one attached hydrogen (secondary N) is 1. The SMILES string of the molecule is Nc1ccc(-c2cnn(-c3ccc(C(=O)NC4CCOCC4)cn3)c2O)cc1. The van der Waals surface area contributed by atoms with Crippen LogP contribution in [0.15, 0.2) is 48.8 Å². The van der Waals surface area contributed by atoms with Gasteiger partial charge in [-0.25, -0.2) is 4.98 Å². The number of benzene rings is 1. The standard InChI is InChI=1S/C20H21N5O3/c21-15-4-1-13(2-5-15)17-12-23-25(20(17)27)18-6-3-14(11-22-18)19(26)24-16-7-9-28-10-8-16/h1-6,11-12,16,27H,7-10,21H2,(H,24,26). The number of aromatic hydroxyl groups is 1. The minimum Gasteiger partial charge on any atom is -0.493 e. The number of rotatable bonds is 4. The van der Waals surface area contributed by atoms with E-state index in [1.807, 2.05) is 12.1 Å². The lowest BCUT2D eigenvalue weighted by molar-refractivity contribution is 0.0696. The molecule has 8 nitrogen and oxygen atoms in total. The molecule has 3 aromatic rings. The summed E-state index contributed by atoms with van der Waals surface area (Å²) in [5, 5.41) is 17.7. The Labute approximate surface area is 162 Å². The highest BCUT2D eigenvalue weighted by atomic mass is 16.5. The number of amides is 1. The van der Waals surface area contributed by atoms with E-state index in [1.165, 1.54) is 10.9 Å². The van der Waals surface area contributed by atoms with E-state index >= 15 is 0 Å². The molecule has 4 rings (SSSR count). The Kier molecular flexibility index (Phi) is 4.94. The summed E-state index contributed by atoms with van der Waals surface area (Å²) in [6.07, 6.45) is 4.67. The summed E-state index contributed by atoms with van der Waals surface area (Å²) in [6.45, 7) is 1.33. The van der Waals surface area contributed by atoms with Gasteiger partial charge >= 0.3 is 0 Å². The van der Waals surface area contributed by atoms with Crippen molar-refractivity contribution in [2.75, 3.05) is 18.9 Å². The van der Waals surface area contributed by atoms with Crippen LogP contribution in [0.3, 0.4) is 0 Å². The molecule has 1 aromatic carbocycles. The fourth-order valence-electron chi connectivity index (χ4n) is 3.13. The fourth-order valence-corrected chi connectivity index (χ4v) is 3.13. The molecule has 28 heavy (non-hydrogen) atoms. The second-order valence-electron chi connectivity index (χ2n) is 6.68. The largest absolute Gasteiger partial charge is 0.493 e. The third-order valence-corrected chi connectivity index (χ3v) is 4.75. The Morgan fingerprint density at radius 3 is 2.57 bits per heavy atom. The van der Waals surface area contributed by atoms with E-state index in [4.69, 9.17) is 10.5 Å². The summed E-state index contributed by atoms with van der Waals surface area (Å²) < 4.78 is 6.62. The van der Waals surface area contributed by atoms with Gasteiger partial charge in [0.05, 0.1) is 17.3 Å². The molecule has 0 saturated carbocycles. The fraction of sp³-hybridized carbons (Fsp3) is 0.250. The van der Waals surface area contributed by atoms with Crippen LogP contribution in [-0.2, 0) is 4.74 Å². The van der Waals surface area contributed by atoms with Crippen LogP contribution >= 0.6 is 0 Å². The Morgan fingerprint density at radius 2 is 1.89 bits per heavy atom. The Morgan fingerprint density at radius 1 is 1.14 bits per heavy atom. The average Bonchev–Trinajstić information content (AvgIpc) is 3.11. The van der Waals surface area contributed by atoms with Gasteiger partial charge in [0.2, 0.25) is 5.88 Å². The monoisotopic (exact) mass is 379 g/mol. The molecule has 1 aliphatic rings. The van der Waals surface area contributed by atoms with Crippen LogP contribution in [0.2, 0.25) is 0 Å². The number of nitrogens with two attached hydrogens (primary N) is 1. The minimum absolute atomic E-state index is 0.0309. The van der Waals surface area contributed by atoms with Gasteiger partial charge in [-0.2, -0.15) is 9.78 Å². The van der Waals surface area contributed by atoms with Crippen molar-refractivity contribution in [3.8, 4) is 22.8 Å². The molecule has 8 heteroatoms. The lowest BCUT2D eigenvalue weighted by atomic mass is 10.1. The van der Waals surface area contributed by atoms with Gasteiger partial charge in [-0.1, -0.05) is 12.1 Å². The number of pyridine rings is 1. The minimum atomic E-state index is -0.168. The van der Waals surface area contributed by atoms with Crippen LogP contribution in [0.4, 0.5) is 5.69 Å². The van der Waals surface area contributed by atoms with Gasteiger partial charge in [0, 0.05) is 31.1 Å². The van der Waals surface area contributed by atoms with Crippen molar-refractivity contribution < 1.29 is 14.6 Å². The number of carbonyl (C=O) groups excluding carboxylic acids is 1. The Hall–Kier alpha value is -3.39. The predicted molar refractivity (Wildman–Crippen MR) is 104 cm³/mol. The van der Waals surface area contributed by atoms with E-state index in [0.29, 0.717) is 35.8 Å². The van der Waals surface area contributed by atoms with Crippen LogP contribution in [-0.4, -0.2) is 45.0 Å². The van der Waals surface area contributed by atoms with Crippen LogP contribution in [0.1, 0.15) is 23.2 Å². The van der Waals surface area contributed by atoms with Gasteiger partial charge in [-0.3, -0.25) is 4.79 Å². The molecule has 0 bridgehead atoms. The summed E-state index contributed by atoms with van der Waals surface area (Å²) in [5.74, 6) is 0.219. The summed E-state index contributed by atoms with van der Waals surface area (Å²) in [6, 6.07) is 10.6. The quantitative estimate of drug-likeness (QED) is 0.598. The number of anilines is 1. The van der Waals surface area contributed by atoms with E-state index in [0.717, 1.165) is 18.4 Å². The summed E-state index contributed by atoms with van der Waals surface area (Å²) in [5.41, 5.74) is 8.18. The second-order valence-corrected chi connectivity index (χ2v) is 6.68. The number of carbonyl (C=O) groups is 1. The third-order valence-electron chi connectivity index (χ3n) is 4.75. The molecule has 144 valence electrons. The normalized spacial score (nSPS) is 14.7. The van der Waals surface area contributed by atoms with Crippen molar-refractivity contribution in [2.24, 2.45) is 0 Å². The maximum Gasteiger partial charge on any atom is 0.253 e. The summed E-state index contributed by atoms with van der Waals surface area (Å²) >= 11 is 0.